The average Bonchev–Trinajstić information content (AvgIpc) is 2.89. The number of pyridine rings is 1. The van der Waals surface area contributed by atoms with Gasteiger partial charge < -0.3 is 14.8 Å². The highest BCUT2D eigenvalue weighted by Gasteiger charge is 2.18. The van der Waals surface area contributed by atoms with Crippen LogP contribution in [0.25, 0.3) is 11.0 Å². The third-order valence-electron chi connectivity index (χ3n) is 3.85. The van der Waals surface area contributed by atoms with Gasteiger partial charge in [-0.1, -0.05) is 12.1 Å². The molecule has 0 spiro atoms. The fourth-order valence-corrected chi connectivity index (χ4v) is 2.52. The number of hydrogen-bond donors (Lipinski definition) is 2. The van der Waals surface area contributed by atoms with E-state index in [-0.39, 0.29) is 18.2 Å². The molecule has 0 saturated carbocycles. The Labute approximate surface area is 134 Å². The number of aliphatic hydroxyl groups excluding tert-OH is 1. The molecule has 1 amide bonds. The average molecular weight is 310 g/mol. The number of hydrogen-bond acceptors (Lipinski definition) is 4. The quantitative estimate of drug-likeness (QED) is 0.777. The Morgan fingerprint density at radius 2 is 2.00 bits per heavy atom. The molecule has 0 aliphatic carbocycles. The Morgan fingerprint density at radius 3 is 2.74 bits per heavy atom. The predicted molar refractivity (Wildman–Crippen MR) is 87.2 cm³/mol. The molecule has 5 nitrogen and oxygen atoms in total. The van der Waals surface area contributed by atoms with Gasteiger partial charge in [-0.2, -0.15) is 0 Å². The zero-order valence-electron chi connectivity index (χ0n) is 13.0. The van der Waals surface area contributed by atoms with Crippen LogP contribution in [0, 0.1) is 13.8 Å². The van der Waals surface area contributed by atoms with Gasteiger partial charge >= 0.3 is 0 Å². The number of furan rings is 1. The molecule has 0 aliphatic rings. The lowest BCUT2D eigenvalue weighted by Crippen LogP contribution is -2.28. The Balaban J connectivity index is 1.75. The van der Waals surface area contributed by atoms with E-state index in [1.807, 2.05) is 32.0 Å². The molecule has 2 heterocycles. The lowest BCUT2D eigenvalue weighted by Gasteiger charge is -2.11. The maximum absolute atomic E-state index is 12.3. The van der Waals surface area contributed by atoms with Crippen molar-refractivity contribution < 1.29 is 14.3 Å². The van der Waals surface area contributed by atoms with E-state index >= 15 is 0 Å². The SMILES string of the molecule is Cc1ccc2c(C)c(C(=O)NC[C@H](O)c3ccncc3)oc2c1. The van der Waals surface area contributed by atoms with Crippen molar-refractivity contribution >= 4 is 16.9 Å². The van der Waals surface area contributed by atoms with E-state index in [1.54, 1.807) is 24.5 Å². The highest BCUT2D eigenvalue weighted by atomic mass is 16.3. The summed E-state index contributed by atoms with van der Waals surface area (Å²) in [4.78, 5) is 16.2. The summed E-state index contributed by atoms with van der Waals surface area (Å²) in [6, 6.07) is 9.27. The zero-order valence-corrected chi connectivity index (χ0v) is 13.0. The Hall–Kier alpha value is -2.66. The number of rotatable bonds is 4. The smallest absolute Gasteiger partial charge is 0.287 e. The molecule has 0 saturated heterocycles. The molecular formula is C18H18N2O3. The van der Waals surface area contributed by atoms with Crippen molar-refractivity contribution in [1.82, 2.24) is 10.3 Å². The first-order chi connectivity index (χ1) is 11.1. The summed E-state index contributed by atoms with van der Waals surface area (Å²) in [6.07, 6.45) is 2.42. The van der Waals surface area contributed by atoms with E-state index in [9.17, 15) is 9.90 Å². The maximum Gasteiger partial charge on any atom is 0.287 e. The summed E-state index contributed by atoms with van der Waals surface area (Å²) in [5.41, 5.74) is 3.28. The van der Waals surface area contributed by atoms with Crippen molar-refractivity contribution in [3.8, 4) is 0 Å². The van der Waals surface area contributed by atoms with Crippen LogP contribution < -0.4 is 5.32 Å². The predicted octanol–water partition coefficient (Wildman–Crippen LogP) is 2.91. The molecule has 5 heteroatoms. The number of nitrogens with one attached hydrogen (secondary N) is 1. The van der Waals surface area contributed by atoms with Gasteiger partial charge in [-0.3, -0.25) is 9.78 Å². The minimum atomic E-state index is -0.783. The Morgan fingerprint density at radius 1 is 1.26 bits per heavy atom. The minimum absolute atomic E-state index is 0.109. The fraction of sp³-hybridized carbons (Fsp3) is 0.222. The zero-order chi connectivity index (χ0) is 16.4. The summed E-state index contributed by atoms with van der Waals surface area (Å²) in [6.45, 7) is 3.94. The largest absolute Gasteiger partial charge is 0.451 e. The molecule has 2 N–H and O–H groups in total. The third kappa shape index (κ3) is 3.10. The topological polar surface area (TPSA) is 75.4 Å². The normalized spacial score (nSPS) is 12.3. The number of aromatic nitrogens is 1. The van der Waals surface area contributed by atoms with Gasteiger partial charge in [0.1, 0.15) is 5.58 Å². The number of aryl methyl sites for hydroxylation is 2. The molecule has 118 valence electrons. The van der Waals surface area contributed by atoms with E-state index in [0.29, 0.717) is 11.1 Å². The van der Waals surface area contributed by atoms with Crippen LogP contribution in [0.2, 0.25) is 0 Å². The number of carbonyl (C=O) groups excluding carboxylic acids is 1. The Kier molecular flexibility index (Phi) is 4.12. The van der Waals surface area contributed by atoms with E-state index in [0.717, 1.165) is 16.5 Å². The number of fused-ring (bicyclic) bond motifs is 1. The highest BCUT2D eigenvalue weighted by Crippen LogP contribution is 2.26. The van der Waals surface area contributed by atoms with Gasteiger partial charge in [-0.15, -0.1) is 0 Å². The van der Waals surface area contributed by atoms with Crippen LogP contribution in [0.5, 0.6) is 0 Å². The van der Waals surface area contributed by atoms with Crippen LogP contribution >= 0.6 is 0 Å². The lowest BCUT2D eigenvalue weighted by atomic mass is 10.1. The number of nitrogens with zero attached hydrogens (tertiary/aromatic N) is 1. The van der Waals surface area contributed by atoms with Crippen molar-refractivity contribution in [3.63, 3.8) is 0 Å². The van der Waals surface area contributed by atoms with Crippen LogP contribution in [-0.4, -0.2) is 22.5 Å². The second kappa shape index (κ2) is 6.22. The molecule has 23 heavy (non-hydrogen) atoms. The standard InChI is InChI=1S/C18H18N2O3/c1-11-3-4-14-12(2)17(23-16(14)9-11)18(22)20-10-15(21)13-5-7-19-8-6-13/h3-9,15,21H,10H2,1-2H3,(H,20,22)/t15-/m0/s1. The third-order valence-corrected chi connectivity index (χ3v) is 3.85. The maximum atomic E-state index is 12.3. The first kappa shape index (κ1) is 15.2. The van der Waals surface area contributed by atoms with Crippen LogP contribution in [0.1, 0.15) is 33.3 Å². The molecule has 0 unspecified atom stereocenters. The van der Waals surface area contributed by atoms with Crippen molar-refractivity contribution in [2.45, 2.75) is 20.0 Å². The van der Waals surface area contributed by atoms with Crippen LogP contribution in [0.4, 0.5) is 0 Å². The molecule has 1 atom stereocenters. The van der Waals surface area contributed by atoms with Crippen LogP contribution in [0.3, 0.4) is 0 Å². The molecule has 0 bridgehead atoms. The van der Waals surface area contributed by atoms with Crippen LogP contribution in [0.15, 0.2) is 47.1 Å². The molecule has 0 aliphatic heterocycles. The number of aliphatic hydroxyl groups is 1. The van der Waals surface area contributed by atoms with Crippen molar-refractivity contribution in [2.24, 2.45) is 0 Å². The molecule has 3 rings (SSSR count). The van der Waals surface area contributed by atoms with E-state index in [4.69, 9.17) is 4.42 Å². The van der Waals surface area contributed by atoms with Gasteiger partial charge in [0.15, 0.2) is 5.76 Å². The Bertz CT molecular complexity index is 840. The molecule has 3 aromatic rings. The second-order valence-electron chi connectivity index (χ2n) is 5.56. The van der Waals surface area contributed by atoms with Crippen LogP contribution in [-0.2, 0) is 0 Å². The fourth-order valence-electron chi connectivity index (χ4n) is 2.52. The monoisotopic (exact) mass is 310 g/mol. The molecule has 0 radical (unpaired) electrons. The number of benzene rings is 1. The molecule has 0 fully saturated rings. The van der Waals surface area contributed by atoms with Crippen molar-refractivity contribution in [2.75, 3.05) is 6.54 Å². The van der Waals surface area contributed by atoms with Gasteiger partial charge in [-0.05, 0) is 43.2 Å². The summed E-state index contributed by atoms with van der Waals surface area (Å²) >= 11 is 0. The summed E-state index contributed by atoms with van der Waals surface area (Å²) < 4.78 is 5.68. The lowest BCUT2D eigenvalue weighted by molar-refractivity contribution is 0.0890. The van der Waals surface area contributed by atoms with Crippen molar-refractivity contribution in [1.29, 1.82) is 0 Å². The molecule has 1 aromatic carbocycles. The van der Waals surface area contributed by atoms with E-state index < -0.39 is 6.10 Å². The number of carbonyl (C=O) groups is 1. The van der Waals surface area contributed by atoms with Gasteiger partial charge in [0.25, 0.3) is 5.91 Å². The van der Waals surface area contributed by atoms with E-state index in [2.05, 4.69) is 10.3 Å². The summed E-state index contributed by atoms with van der Waals surface area (Å²) in [5, 5.41) is 13.7. The van der Waals surface area contributed by atoms with Crippen molar-refractivity contribution in [3.05, 3.63) is 65.2 Å². The second-order valence-corrected chi connectivity index (χ2v) is 5.56. The van der Waals surface area contributed by atoms with Gasteiger partial charge in [-0.25, -0.2) is 0 Å². The molecule has 2 aromatic heterocycles. The van der Waals surface area contributed by atoms with Gasteiger partial charge in [0.2, 0.25) is 0 Å². The summed E-state index contributed by atoms with van der Waals surface area (Å²) in [5.74, 6) is -0.0445. The first-order valence-corrected chi connectivity index (χ1v) is 7.42. The molecular weight excluding hydrogens is 292 g/mol. The number of amides is 1. The highest BCUT2D eigenvalue weighted by molar-refractivity contribution is 5.99. The summed E-state index contributed by atoms with van der Waals surface area (Å²) in [7, 11) is 0. The first-order valence-electron chi connectivity index (χ1n) is 7.42. The van der Waals surface area contributed by atoms with Gasteiger partial charge in [0.05, 0.1) is 6.10 Å². The minimum Gasteiger partial charge on any atom is -0.451 e. The van der Waals surface area contributed by atoms with E-state index in [1.165, 1.54) is 0 Å². The van der Waals surface area contributed by atoms with Gasteiger partial charge in [0, 0.05) is 29.9 Å².